The number of hydrogen-bond acceptors (Lipinski definition) is 4. The summed E-state index contributed by atoms with van der Waals surface area (Å²) in [6.07, 6.45) is 4.18. The van der Waals surface area contributed by atoms with Gasteiger partial charge in [-0.1, -0.05) is 6.92 Å². The van der Waals surface area contributed by atoms with Crippen LogP contribution < -0.4 is 5.32 Å². The van der Waals surface area contributed by atoms with Gasteiger partial charge in [-0.2, -0.15) is 4.31 Å². The Kier molecular flexibility index (Phi) is 6.37. The first-order chi connectivity index (χ1) is 12.4. The molecular formula is C18H25BrN2O4S. The van der Waals surface area contributed by atoms with E-state index >= 15 is 0 Å². The van der Waals surface area contributed by atoms with Crippen LogP contribution >= 0.6 is 15.9 Å². The predicted octanol–water partition coefficient (Wildman–Crippen LogP) is 2.78. The van der Waals surface area contributed by atoms with E-state index in [-0.39, 0.29) is 16.8 Å². The predicted molar refractivity (Wildman–Crippen MR) is 103 cm³/mol. The summed E-state index contributed by atoms with van der Waals surface area (Å²) in [7, 11) is -3.66. The zero-order valence-electron chi connectivity index (χ0n) is 14.9. The number of sulfonamides is 1. The van der Waals surface area contributed by atoms with Gasteiger partial charge in [0.05, 0.1) is 18.1 Å². The van der Waals surface area contributed by atoms with Gasteiger partial charge in [0.25, 0.3) is 5.91 Å². The number of hydrogen-bond donors (Lipinski definition) is 1. The summed E-state index contributed by atoms with van der Waals surface area (Å²) in [5, 5.41) is 3.05. The summed E-state index contributed by atoms with van der Waals surface area (Å²) >= 11 is 3.32. The molecule has 1 aromatic rings. The Labute approximate surface area is 163 Å². The third kappa shape index (κ3) is 4.47. The SMILES string of the molecule is CC1CCC(NC(=O)c2ccc(Br)c(S(=O)(=O)N3CCOCC3)c2)CC1. The third-order valence-electron chi connectivity index (χ3n) is 5.13. The van der Waals surface area contributed by atoms with E-state index in [2.05, 4.69) is 28.2 Å². The molecule has 1 aliphatic carbocycles. The second-order valence-electron chi connectivity index (χ2n) is 7.09. The fourth-order valence-electron chi connectivity index (χ4n) is 3.44. The normalized spacial score (nSPS) is 25.0. The Balaban J connectivity index is 1.77. The Hall–Kier alpha value is -0.960. The highest BCUT2D eigenvalue weighted by Crippen LogP contribution is 2.28. The van der Waals surface area contributed by atoms with Gasteiger partial charge in [0.15, 0.2) is 0 Å². The summed E-state index contributed by atoms with van der Waals surface area (Å²) in [6.45, 7) is 3.65. The lowest BCUT2D eigenvalue weighted by molar-refractivity contribution is 0.0730. The number of benzene rings is 1. The highest BCUT2D eigenvalue weighted by Gasteiger charge is 2.29. The first-order valence-corrected chi connectivity index (χ1v) is 11.3. The van der Waals surface area contributed by atoms with Crippen molar-refractivity contribution in [1.82, 2.24) is 9.62 Å². The number of nitrogens with one attached hydrogen (secondary N) is 1. The molecule has 2 fully saturated rings. The van der Waals surface area contributed by atoms with Crippen molar-refractivity contribution in [2.75, 3.05) is 26.3 Å². The highest BCUT2D eigenvalue weighted by molar-refractivity contribution is 9.10. The first-order valence-electron chi connectivity index (χ1n) is 9.06. The minimum Gasteiger partial charge on any atom is -0.379 e. The minimum absolute atomic E-state index is 0.129. The number of carbonyl (C=O) groups is 1. The number of nitrogens with zero attached hydrogens (tertiary/aromatic N) is 1. The summed E-state index contributed by atoms with van der Waals surface area (Å²) in [5.41, 5.74) is 0.374. The fraction of sp³-hybridized carbons (Fsp3) is 0.611. The summed E-state index contributed by atoms with van der Waals surface area (Å²) in [5.74, 6) is 0.497. The quantitative estimate of drug-likeness (QED) is 0.774. The molecule has 1 N–H and O–H groups in total. The van der Waals surface area contributed by atoms with Gasteiger partial charge in [-0.15, -0.1) is 0 Å². The minimum atomic E-state index is -3.66. The average molecular weight is 445 g/mol. The molecule has 0 spiro atoms. The Morgan fingerprint density at radius 2 is 1.85 bits per heavy atom. The number of halogens is 1. The van der Waals surface area contributed by atoms with E-state index in [1.807, 2.05) is 0 Å². The molecular weight excluding hydrogens is 420 g/mol. The molecule has 26 heavy (non-hydrogen) atoms. The van der Waals surface area contributed by atoms with Crippen molar-refractivity contribution in [3.05, 3.63) is 28.2 Å². The van der Waals surface area contributed by atoms with Crippen LogP contribution in [0.4, 0.5) is 0 Å². The van der Waals surface area contributed by atoms with E-state index in [4.69, 9.17) is 4.74 Å². The van der Waals surface area contributed by atoms with Crippen molar-refractivity contribution in [3.8, 4) is 0 Å². The van der Waals surface area contributed by atoms with E-state index in [0.717, 1.165) is 25.7 Å². The molecule has 6 nitrogen and oxygen atoms in total. The van der Waals surface area contributed by atoms with Gasteiger partial charge in [-0.05, 0) is 65.7 Å². The van der Waals surface area contributed by atoms with Crippen molar-refractivity contribution in [3.63, 3.8) is 0 Å². The molecule has 0 bridgehead atoms. The van der Waals surface area contributed by atoms with E-state index in [1.54, 1.807) is 12.1 Å². The maximum atomic E-state index is 12.9. The van der Waals surface area contributed by atoms with Gasteiger partial charge in [0.2, 0.25) is 10.0 Å². The maximum absolute atomic E-state index is 12.9. The molecule has 8 heteroatoms. The van der Waals surface area contributed by atoms with Gasteiger partial charge in [-0.3, -0.25) is 4.79 Å². The number of ether oxygens (including phenoxy) is 1. The molecule has 0 unspecified atom stereocenters. The van der Waals surface area contributed by atoms with Crippen LogP contribution in [-0.4, -0.2) is 51.0 Å². The summed E-state index contributed by atoms with van der Waals surface area (Å²) in [4.78, 5) is 12.7. The number of carbonyl (C=O) groups excluding carboxylic acids is 1. The van der Waals surface area contributed by atoms with Crippen LogP contribution in [0.15, 0.2) is 27.6 Å². The Morgan fingerprint density at radius 1 is 1.19 bits per heavy atom. The molecule has 1 saturated heterocycles. The molecule has 3 rings (SSSR count). The Bertz CT molecular complexity index is 754. The van der Waals surface area contributed by atoms with E-state index in [9.17, 15) is 13.2 Å². The summed E-state index contributed by atoms with van der Waals surface area (Å²) < 4.78 is 32.9. The second-order valence-corrected chi connectivity index (χ2v) is 9.85. The monoisotopic (exact) mass is 444 g/mol. The lowest BCUT2D eigenvalue weighted by Crippen LogP contribution is -2.41. The highest BCUT2D eigenvalue weighted by atomic mass is 79.9. The zero-order valence-corrected chi connectivity index (χ0v) is 17.3. The molecule has 1 aromatic carbocycles. The fourth-order valence-corrected chi connectivity index (χ4v) is 5.80. The maximum Gasteiger partial charge on any atom is 0.251 e. The molecule has 2 aliphatic rings. The summed E-state index contributed by atoms with van der Waals surface area (Å²) in [6, 6.07) is 4.92. The molecule has 1 aliphatic heterocycles. The lowest BCUT2D eigenvalue weighted by Gasteiger charge is -2.27. The van der Waals surface area contributed by atoms with Crippen LogP contribution in [0.25, 0.3) is 0 Å². The van der Waals surface area contributed by atoms with Crippen LogP contribution in [-0.2, 0) is 14.8 Å². The van der Waals surface area contributed by atoms with Crippen molar-refractivity contribution < 1.29 is 17.9 Å². The largest absolute Gasteiger partial charge is 0.379 e. The second kappa shape index (κ2) is 8.37. The Morgan fingerprint density at radius 3 is 2.50 bits per heavy atom. The molecule has 1 heterocycles. The van der Waals surface area contributed by atoms with Crippen LogP contribution in [0.3, 0.4) is 0 Å². The number of rotatable bonds is 4. The molecule has 0 atom stereocenters. The van der Waals surface area contributed by atoms with Crippen LogP contribution in [0.1, 0.15) is 43.0 Å². The first kappa shape index (κ1) is 19.8. The van der Waals surface area contributed by atoms with Crippen LogP contribution in [0.5, 0.6) is 0 Å². The topological polar surface area (TPSA) is 75.7 Å². The lowest BCUT2D eigenvalue weighted by atomic mass is 9.87. The van der Waals surface area contributed by atoms with Gasteiger partial charge < -0.3 is 10.1 Å². The van der Waals surface area contributed by atoms with Gasteiger partial charge in [0.1, 0.15) is 0 Å². The average Bonchev–Trinajstić information content (AvgIpc) is 2.64. The zero-order chi connectivity index (χ0) is 18.7. The van der Waals surface area contributed by atoms with E-state index < -0.39 is 10.0 Å². The van der Waals surface area contributed by atoms with E-state index in [1.165, 1.54) is 10.4 Å². The van der Waals surface area contributed by atoms with Gasteiger partial charge >= 0.3 is 0 Å². The van der Waals surface area contributed by atoms with Crippen molar-refractivity contribution in [2.45, 2.75) is 43.5 Å². The van der Waals surface area contributed by atoms with Crippen molar-refractivity contribution in [2.24, 2.45) is 5.92 Å². The molecule has 144 valence electrons. The van der Waals surface area contributed by atoms with Crippen LogP contribution in [0.2, 0.25) is 0 Å². The van der Waals surface area contributed by atoms with Crippen molar-refractivity contribution in [1.29, 1.82) is 0 Å². The van der Waals surface area contributed by atoms with E-state index in [0.29, 0.717) is 42.3 Å². The number of morpholine rings is 1. The smallest absolute Gasteiger partial charge is 0.251 e. The van der Waals surface area contributed by atoms with Crippen LogP contribution in [0, 0.1) is 5.92 Å². The standard InChI is InChI=1S/C18H25BrN2O4S/c1-13-2-5-15(6-3-13)20-18(22)14-4-7-16(19)17(12-14)26(23,24)21-8-10-25-11-9-21/h4,7,12-13,15H,2-3,5-6,8-11H2,1H3,(H,20,22). The third-order valence-corrected chi connectivity index (χ3v) is 8.02. The molecule has 1 saturated carbocycles. The van der Waals surface area contributed by atoms with Crippen molar-refractivity contribution >= 4 is 31.9 Å². The van der Waals surface area contributed by atoms with Gasteiger partial charge in [-0.25, -0.2) is 8.42 Å². The van der Waals surface area contributed by atoms with Gasteiger partial charge in [0, 0.05) is 29.2 Å². The molecule has 0 aromatic heterocycles. The molecule has 0 radical (unpaired) electrons. The number of amides is 1. The molecule has 1 amide bonds.